The maximum Gasteiger partial charge on any atom is 0.219 e. The predicted octanol–water partition coefficient (Wildman–Crippen LogP) is -1.00. The molecule has 8 nitrogen and oxygen atoms in total. The molecule has 3 unspecified atom stereocenters. The highest BCUT2D eigenvalue weighted by Crippen LogP contribution is 2.17. The maximum absolute atomic E-state index is 11.8. The van der Waals surface area contributed by atoms with Crippen molar-refractivity contribution in [2.24, 2.45) is 0 Å². The van der Waals surface area contributed by atoms with E-state index in [0.717, 1.165) is 26.1 Å². The minimum absolute atomic E-state index is 0.0495. The number of carbonyl (C=O) groups is 1. The Morgan fingerprint density at radius 1 is 1.29 bits per heavy atom. The van der Waals surface area contributed by atoms with E-state index < -0.39 is 28.3 Å². The molecule has 1 amide bonds. The van der Waals surface area contributed by atoms with E-state index in [2.05, 4.69) is 9.62 Å². The molecule has 2 heterocycles. The summed E-state index contributed by atoms with van der Waals surface area (Å²) in [7, 11) is -3.37. The Balaban J connectivity index is 1.85. The molecule has 2 fully saturated rings. The van der Waals surface area contributed by atoms with Crippen LogP contribution < -0.4 is 4.72 Å². The smallest absolute Gasteiger partial charge is 0.219 e. The second-order valence-corrected chi connectivity index (χ2v) is 8.44. The van der Waals surface area contributed by atoms with E-state index in [9.17, 15) is 18.3 Å². The third-order valence-corrected chi connectivity index (χ3v) is 6.17. The Labute approximate surface area is 144 Å². The number of aliphatic hydroxyl groups is 1. The van der Waals surface area contributed by atoms with Crippen LogP contribution in [0.15, 0.2) is 0 Å². The highest BCUT2D eigenvalue weighted by Gasteiger charge is 2.38. The summed E-state index contributed by atoms with van der Waals surface area (Å²) in [5.74, 6) is 0.132. The van der Waals surface area contributed by atoms with Crippen LogP contribution in [0.3, 0.4) is 0 Å². The molecule has 0 bridgehead atoms. The Morgan fingerprint density at radius 3 is 2.71 bits per heavy atom. The van der Waals surface area contributed by atoms with Crippen LogP contribution in [0, 0.1) is 0 Å². The first-order chi connectivity index (χ1) is 11.3. The normalized spacial score (nSPS) is 29.6. The second kappa shape index (κ2) is 8.57. The van der Waals surface area contributed by atoms with E-state index in [4.69, 9.17) is 4.74 Å². The fourth-order valence-electron chi connectivity index (χ4n) is 3.23. The van der Waals surface area contributed by atoms with Crippen LogP contribution in [0.2, 0.25) is 0 Å². The first-order valence-corrected chi connectivity index (χ1v) is 10.2. The number of amides is 1. The van der Waals surface area contributed by atoms with Crippen LogP contribution in [-0.2, 0) is 19.6 Å². The van der Waals surface area contributed by atoms with Gasteiger partial charge in [0.25, 0.3) is 0 Å². The van der Waals surface area contributed by atoms with Gasteiger partial charge in [0.1, 0.15) is 0 Å². The monoisotopic (exact) mass is 363 g/mol. The fraction of sp³-hybridized carbons (Fsp3) is 0.933. The molecule has 2 aliphatic rings. The van der Waals surface area contributed by atoms with Crippen LogP contribution in [0.25, 0.3) is 0 Å². The van der Waals surface area contributed by atoms with E-state index >= 15 is 0 Å². The van der Waals surface area contributed by atoms with Gasteiger partial charge in [-0.1, -0.05) is 6.92 Å². The average Bonchev–Trinajstić information content (AvgIpc) is 2.72. The number of aliphatic hydroxyl groups excluding tert-OH is 1. The molecule has 2 rings (SSSR count). The van der Waals surface area contributed by atoms with Crippen LogP contribution in [-0.4, -0.2) is 92.6 Å². The minimum Gasteiger partial charge on any atom is -0.389 e. The highest BCUT2D eigenvalue weighted by molar-refractivity contribution is 7.89. The molecule has 0 saturated carbocycles. The molecule has 0 aliphatic carbocycles. The standard InChI is InChI=1S/C15H29N3O5S/c1-3-9-24(21,22)16-13-11-23-14(15(13)20)10-17-5-4-6-18(8-7-17)12(2)19/h13-16,20H,3-11H2,1-2H3. The van der Waals surface area contributed by atoms with E-state index in [1.165, 1.54) is 0 Å². The Bertz CT molecular complexity index is 527. The van der Waals surface area contributed by atoms with Crippen LogP contribution in [0.4, 0.5) is 0 Å². The lowest BCUT2D eigenvalue weighted by Crippen LogP contribution is -2.47. The summed E-state index contributed by atoms with van der Waals surface area (Å²) in [4.78, 5) is 15.5. The first-order valence-electron chi connectivity index (χ1n) is 8.60. The molecule has 2 N–H and O–H groups in total. The highest BCUT2D eigenvalue weighted by atomic mass is 32.2. The van der Waals surface area contributed by atoms with Gasteiger partial charge in [0.2, 0.25) is 15.9 Å². The Kier molecular flexibility index (Phi) is 6.99. The van der Waals surface area contributed by atoms with Crippen molar-refractivity contribution in [2.75, 3.05) is 45.1 Å². The molecule has 2 aliphatic heterocycles. The van der Waals surface area contributed by atoms with Gasteiger partial charge < -0.3 is 14.7 Å². The van der Waals surface area contributed by atoms with Crippen LogP contribution in [0.5, 0.6) is 0 Å². The molecule has 0 spiro atoms. The molecule has 0 radical (unpaired) electrons. The lowest BCUT2D eigenvalue weighted by atomic mass is 10.1. The Morgan fingerprint density at radius 2 is 2.04 bits per heavy atom. The largest absolute Gasteiger partial charge is 0.389 e. The van der Waals surface area contributed by atoms with Gasteiger partial charge >= 0.3 is 0 Å². The summed E-state index contributed by atoms with van der Waals surface area (Å²) in [6, 6.07) is -0.591. The summed E-state index contributed by atoms with van der Waals surface area (Å²) in [5, 5.41) is 10.4. The summed E-state index contributed by atoms with van der Waals surface area (Å²) in [6.45, 7) is 7.09. The number of carbonyl (C=O) groups excluding carboxylic acids is 1. The molecular weight excluding hydrogens is 334 g/mol. The maximum atomic E-state index is 11.8. The predicted molar refractivity (Wildman–Crippen MR) is 90.1 cm³/mol. The lowest BCUT2D eigenvalue weighted by molar-refractivity contribution is -0.128. The van der Waals surface area contributed by atoms with Crippen LogP contribution >= 0.6 is 0 Å². The van der Waals surface area contributed by atoms with Crippen molar-refractivity contribution in [1.29, 1.82) is 0 Å². The van der Waals surface area contributed by atoms with Crippen molar-refractivity contribution in [1.82, 2.24) is 14.5 Å². The van der Waals surface area contributed by atoms with Crippen molar-refractivity contribution in [2.45, 2.75) is 44.9 Å². The van der Waals surface area contributed by atoms with Crippen LogP contribution in [0.1, 0.15) is 26.7 Å². The van der Waals surface area contributed by atoms with Gasteiger partial charge in [-0.2, -0.15) is 0 Å². The quantitative estimate of drug-likeness (QED) is 0.628. The van der Waals surface area contributed by atoms with Crippen molar-refractivity contribution in [3.05, 3.63) is 0 Å². The number of hydrogen-bond donors (Lipinski definition) is 2. The number of sulfonamides is 1. The number of nitrogens with one attached hydrogen (secondary N) is 1. The van der Waals surface area contributed by atoms with Gasteiger partial charge in [-0.25, -0.2) is 13.1 Å². The molecule has 24 heavy (non-hydrogen) atoms. The van der Waals surface area contributed by atoms with Crippen molar-refractivity contribution in [3.63, 3.8) is 0 Å². The molecule has 3 atom stereocenters. The minimum atomic E-state index is -3.37. The van der Waals surface area contributed by atoms with Gasteiger partial charge in [0.15, 0.2) is 0 Å². The van der Waals surface area contributed by atoms with Gasteiger partial charge in [-0.3, -0.25) is 9.69 Å². The zero-order chi connectivity index (χ0) is 17.7. The third-order valence-electron chi connectivity index (χ3n) is 4.56. The van der Waals surface area contributed by atoms with Crippen molar-refractivity contribution in [3.8, 4) is 0 Å². The number of rotatable bonds is 6. The van der Waals surface area contributed by atoms with Gasteiger partial charge in [-0.05, 0) is 19.4 Å². The third kappa shape index (κ3) is 5.38. The summed E-state index contributed by atoms with van der Waals surface area (Å²) in [5.41, 5.74) is 0. The summed E-state index contributed by atoms with van der Waals surface area (Å²) < 4.78 is 31.9. The van der Waals surface area contributed by atoms with Gasteiger partial charge in [0, 0.05) is 33.1 Å². The lowest BCUT2D eigenvalue weighted by Gasteiger charge is -2.26. The van der Waals surface area contributed by atoms with Gasteiger partial charge in [-0.15, -0.1) is 0 Å². The zero-order valence-electron chi connectivity index (χ0n) is 14.5. The second-order valence-electron chi connectivity index (χ2n) is 6.57. The molecule has 0 aromatic rings. The number of ether oxygens (including phenoxy) is 1. The molecule has 140 valence electrons. The molecule has 0 aromatic carbocycles. The first kappa shape index (κ1) is 19.6. The molecular formula is C15H29N3O5S. The van der Waals surface area contributed by atoms with E-state index in [1.54, 1.807) is 13.8 Å². The SMILES string of the molecule is CCCS(=O)(=O)NC1COC(CN2CCCN(C(C)=O)CC2)C1O. The number of nitrogens with zero attached hydrogens (tertiary/aromatic N) is 2. The topological polar surface area (TPSA) is 99.2 Å². The molecule has 9 heteroatoms. The fourth-order valence-corrected chi connectivity index (χ4v) is 4.55. The number of hydrogen-bond acceptors (Lipinski definition) is 6. The summed E-state index contributed by atoms with van der Waals surface area (Å²) in [6.07, 6.45) is 0.143. The Hall–Kier alpha value is -0.740. The average molecular weight is 363 g/mol. The van der Waals surface area contributed by atoms with E-state index in [1.807, 2.05) is 4.90 Å². The summed E-state index contributed by atoms with van der Waals surface area (Å²) >= 11 is 0. The van der Waals surface area contributed by atoms with E-state index in [-0.39, 0.29) is 18.3 Å². The molecule has 0 aromatic heterocycles. The van der Waals surface area contributed by atoms with E-state index in [0.29, 0.717) is 19.5 Å². The molecule has 2 saturated heterocycles. The van der Waals surface area contributed by atoms with Crippen molar-refractivity contribution < 1.29 is 23.1 Å². The zero-order valence-corrected chi connectivity index (χ0v) is 15.3. The van der Waals surface area contributed by atoms with Gasteiger partial charge in [0.05, 0.1) is 30.6 Å². The van der Waals surface area contributed by atoms with Crippen molar-refractivity contribution >= 4 is 15.9 Å².